The number of amides is 1. The van der Waals surface area contributed by atoms with Gasteiger partial charge in [-0.25, -0.2) is 8.78 Å². The molecule has 1 rings (SSSR count). The molecule has 1 atom stereocenters. The first-order valence-corrected chi connectivity index (χ1v) is 5.39. The zero-order valence-corrected chi connectivity index (χ0v) is 9.89. The molecule has 0 spiro atoms. The molecule has 0 fully saturated rings. The lowest BCUT2D eigenvalue weighted by Gasteiger charge is -2.11. The molecular formula is C12H16F2N2O. The second kappa shape index (κ2) is 5.72. The number of carbonyl (C=O) groups excluding carboxylic acids is 1. The maximum Gasteiger partial charge on any atom is 0.254 e. The highest BCUT2D eigenvalue weighted by atomic mass is 19.1. The summed E-state index contributed by atoms with van der Waals surface area (Å²) in [6, 6.07) is 1.92. The van der Waals surface area contributed by atoms with Crippen molar-refractivity contribution in [3.05, 3.63) is 34.9 Å². The van der Waals surface area contributed by atoms with Crippen LogP contribution in [-0.4, -0.2) is 19.0 Å². The number of hydrogen-bond donors (Lipinski definition) is 2. The standard InChI is InChI=1S/C12H16F2N2O/c1-7(5-15)6-16-12(17)9-3-8(2)10(13)4-11(9)14/h3-4,7H,5-6,15H2,1-2H3,(H,16,17). The van der Waals surface area contributed by atoms with Crippen LogP contribution in [0, 0.1) is 24.5 Å². The van der Waals surface area contributed by atoms with Gasteiger partial charge in [0.1, 0.15) is 11.6 Å². The molecule has 94 valence electrons. The zero-order chi connectivity index (χ0) is 13.0. The van der Waals surface area contributed by atoms with Gasteiger partial charge in [0.15, 0.2) is 0 Å². The Balaban J connectivity index is 2.79. The average Bonchev–Trinajstić information content (AvgIpc) is 2.30. The van der Waals surface area contributed by atoms with Crippen LogP contribution in [0.25, 0.3) is 0 Å². The Kier molecular flexibility index (Phi) is 4.57. The number of hydrogen-bond acceptors (Lipinski definition) is 2. The smallest absolute Gasteiger partial charge is 0.254 e. The molecule has 1 unspecified atom stereocenters. The van der Waals surface area contributed by atoms with Crippen LogP contribution in [0.1, 0.15) is 22.8 Å². The number of rotatable bonds is 4. The van der Waals surface area contributed by atoms with Crippen LogP contribution in [-0.2, 0) is 0 Å². The Bertz CT molecular complexity index is 421. The molecule has 3 nitrogen and oxygen atoms in total. The molecule has 1 amide bonds. The maximum absolute atomic E-state index is 13.4. The summed E-state index contributed by atoms with van der Waals surface area (Å²) in [5.74, 6) is -1.95. The zero-order valence-electron chi connectivity index (χ0n) is 9.89. The summed E-state index contributed by atoms with van der Waals surface area (Å²) in [5, 5.41) is 2.56. The van der Waals surface area contributed by atoms with Crippen molar-refractivity contribution in [2.75, 3.05) is 13.1 Å². The number of benzene rings is 1. The van der Waals surface area contributed by atoms with Crippen LogP contribution >= 0.6 is 0 Å². The van der Waals surface area contributed by atoms with Crippen molar-refractivity contribution in [1.29, 1.82) is 0 Å². The minimum atomic E-state index is -0.856. The van der Waals surface area contributed by atoms with E-state index in [1.807, 2.05) is 6.92 Å². The normalized spacial score (nSPS) is 12.3. The van der Waals surface area contributed by atoms with E-state index < -0.39 is 17.5 Å². The third-order valence-electron chi connectivity index (χ3n) is 2.51. The fraction of sp³-hybridized carbons (Fsp3) is 0.417. The van der Waals surface area contributed by atoms with Crippen LogP contribution in [0.2, 0.25) is 0 Å². The van der Waals surface area contributed by atoms with Gasteiger partial charge in [0.2, 0.25) is 0 Å². The van der Waals surface area contributed by atoms with Gasteiger partial charge in [-0.15, -0.1) is 0 Å². The lowest BCUT2D eigenvalue weighted by Crippen LogP contribution is -2.31. The molecule has 5 heteroatoms. The molecule has 0 bridgehead atoms. The van der Waals surface area contributed by atoms with Crippen LogP contribution in [0.4, 0.5) is 8.78 Å². The van der Waals surface area contributed by atoms with Gasteiger partial charge in [-0.3, -0.25) is 4.79 Å². The topological polar surface area (TPSA) is 55.1 Å². The van der Waals surface area contributed by atoms with Crippen molar-refractivity contribution in [3.8, 4) is 0 Å². The van der Waals surface area contributed by atoms with E-state index in [1.165, 1.54) is 13.0 Å². The van der Waals surface area contributed by atoms with Gasteiger partial charge in [-0.2, -0.15) is 0 Å². The third-order valence-corrected chi connectivity index (χ3v) is 2.51. The molecule has 0 saturated heterocycles. The second-order valence-electron chi connectivity index (χ2n) is 4.13. The predicted molar refractivity (Wildman–Crippen MR) is 61.6 cm³/mol. The molecule has 1 aromatic carbocycles. The van der Waals surface area contributed by atoms with E-state index in [2.05, 4.69) is 5.32 Å². The van der Waals surface area contributed by atoms with E-state index >= 15 is 0 Å². The summed E-state index contributed by atoms with van der Waals surface area (Å²) in [6.07, 6.45) is 0. The number of nitrogens with one attached hydrogen (secondary N) is 1. The predicted octanol–water partition coefficient (Wildman–Crippen LogP) is 1.60. The van der Waals surface area contributed by atoms with Crippen LogP contribution in [0.15, 0.2) is 12.1 Å². The minimum absolute atomic E-state index is 0.114. The van der Waals surface area contributed by atoms with Gasteiger partial charge in [0.25, 0.3) is 5.91 Å². The van der Waals surface area contributed by atoms with Crippen LogP contribution in [0.5, 0.6) is 0 Å². The Morgan fingerprint density at radius 2 is 2.06 bits per heavy atom. The van der Waals surface area contributed by atoms with Crippen LogP contribution in [0.3, 0.4) is 0 Å². The van der Waals surface area contributed by atoms with Gasteiger partial charge in [0, 0.05) is 12.6 Å². The van der Waals surface area contributed by atoms with Crippen molar-refractivity contribution in [2.24, 2.45) is 11.7 Å². The van der Waals surface area contributed by atoms with Gasteiger partial charge in [0.05, 0.1) is 5.56 Å². The van der Waals surface area contributed by atoms with E-state index in [4.69, 9.17) is 5.73 Å². The first-order valence-electron chi connectivity index (χ1n) is 5.39. The molecular weight excluding hydrogens is 226 g/mol. The molecule has 3 N–H and O–H groups in total. The fourth-order valence-electron chi connectivity index (χ4n) is 1.28. The number of halogens is 2. The molecule has 0 aromatic heterocycles. The molecule has 0 saturated carbocycles. The summed E-state index contributed by atoms with van der Waals surface area (Å²) in [6.45, 7) is 4.15. The number of aryl methyl sites for hydroxylation is 1. The first-order chi connectivity index (χ1) is 7.95. The molecule has 0 aliphatic rings. The summed E-state index contributed by atoms with van der Waals surface area (Å²) in [7, 11) is 0. The van der Waals surface area contributed by atoms with Gasteiger partial charge in [-0.1, -0.05) is 6.92 Å². The minimum Gasteiger partial charge on any atom is -0.352 e. The van der Waals surface area contributed by atoms with E-state index in [-0.39, 0.29) is 17.0 Å². The summed E-state index contributed by atoms with van der Waals surface area (Å²) < 4.78 is 26.4. The SMILES string of the molecule is Cc1cc(C(=O)NCC(C)CN)c(F)cc1F. The molecule has 0 aliphatic heterocycles. The van der Waals surface area contributed by atoms with Crippen molar-refractivity contribution in [2.45, 2.75) is 13.8 Å². The molecule has 0 heterocycles. The summed E-state index contributed by atoms with van der Waals surface area (Å²) in [4.78, 5) is 11.6. The van der Waals surface area contributed by atoms with Crippen LogP contribution < -0.4 is 11.1 Å². The fourth-order valence-corrected chi connectivity index (χ4v) is 1.28. The summed E-state index contributed by atoms with van der Waals surface area (Å²) >= 11 is 0. The van der Waals surface area contributed by atoms with Crippen molar-refractivity contribution in [3.63, 3.8) is 0 Å². The lowest BCUT2D eigenvalue weighted by molar-refractivity contribution is 0.0944. The van der Waals surface area contributed by atoms with Crippen molar-refractivity contribution < 1.29 is 13.6 Å². The van der Waals surface area contributed by atoms with E-state index in [0.29, 0.717) is 13.1 Å². The largest absolute Gasteiger partial charge is 0.352 e. The van der Waals surface area contributed by atoms with Gasteiger partial charge in [-0.05, 0) is 31.0 Å². The lowest BCUT2D eigenvalue weighted by atomic mass is 10.1. The third kappa shape index (κ3) is 3.49. The molecule has 0 radical (unpaired) electrons. The highest BCUT2D eigenvalue weighted by Gasteiger charge is 2.14. The monoisotopic (exact) mass is 242 g/mol. The second-order valence-corrected chi connectivity index (χ2v) is 4.13. The van der Waals surface area contributed by atoms with Gasteiger partial charge < -0.3 is 11.1 Å². The Hall–Kier alpha value is -1.49. The first kappa shape index (κ1) is 13.6. The Labute approximate surface area is 99.0 Å². The quantitative estimate of drug-likeness (QED) is 0.842. The molecule has 0 aliphatic carbocycles. The molecule has 17 heavy (non-hydrogen) atoms. The van der Waals surface area contributed by atoms with Gasteiger partial charge >= 0.3 is 0 Å². The van der Waals surface area contributed by atoms with E-state index in [9.17, 15) is 13.6 Å². The Morgan fingerprint density at radius 1 is 1.41 bits per heavy atom. The Morgan fingerprint density at radius 3 is 2.65 bits per heavy atom. The highest BCUT2D eigenvalue weighted by Crippen LogP contribution is 2.14. The number of nitrogens with two attached hydrogens (primary N) is 1. The maximum atomic E-state index is 13.4. The average molecular weight is 242 g/mol. The number of carbonyl (C=O) groups is 1. The molecule has 1 aromatic rings. The van der Waals surface area contributed by atoms with E-state index in [1.54, 1.807) is 0 Å². The highest BCUT2D eigenvalue weighted by molar-refractivity contribution is 5.94. The van der Waals surface area contributed by atoms with Crippen molar-refractivity contribution in [1.82, 2.24) is 5.32 Å². The summed E-state index contributed by atoms with van der Waals surface area (Å²) in [5.41, 5.74) is 5.49. The van der Waals surface area contributed by atoms with E-state index in [0.717, 1.165) is 6.07 Å². The van der Waals surface area contributed by atoms with Crippen molar-refractivity contribution >= 4 is 5.91 Å².